The van der Waals surface area contributed by atoms with Crippen LogP contribution in [0.1, 0.15) is 33.3 Å². The molecule has 0 bridgehead atoms. The summed E-state index contributed by atoms with van der Waals surface area (Å²) >= 11 is 0. The van der Waals surface area contributed by atoms with Crippen molar-refractivity contribution in [1.29, 1.82) is 0 Å². The predicted octanol–water partition coefficient (Wildman–Crippen LogP) is 3.48. The maximum Gasteiger partial charge on any atom is 0.141 e. The lowest BCUT2D eigenvalue weighted by atomic mass is 9.81. The molecule has 0 aliphatic carbocycles. The molecule has 1 atom stereocenters. The first kappa shape index (κ1) is 12.0. The van der Waals surface area contributed by atoms with Crippen molar-refractivity contribution >= 4 is 5.78 Å². The van der Waals surface area contributed by atoms with Gasteiger partial charge in [0.05, 0.1) is 0 Å². The molecule has 1 aromatic carbocycles. The maximum atomic E-state index is 12.0. The zero-order valence-corrected chi connectivity index (χ0v) is 10.1. The Hall–Kier alpha value is -1.11. The van der Waals surface area contributed by atoms with E-state index in [-0.39, 0.29) is 11.3 Å². The largest absolute Gasteiger partial charge is 0.299 e. The van der Waals surface area contributed by atoms with E-state index in [1.165, 1.54) is 5.56 Å². The summed E-state index contributed by atoms with van der Waals surface area (Å²) in [5.41, 5.74) is 1.01. The van der Waals surface area contributed by atoms with E-state index < -0.39 is 0 Å². The lowest BCUT2D eigenvalue weighted by Crippen LogP contribution is -2.27. The smallest absolute Gasteiger partial charge is 0.141 e. The number of rotatable bonds is 3. The monoisotopic (exact) mass is 204 g/mol. The lowest BCUT2D eigenvalue weighted by molar-refractivity contribution is -0.129. The van der Waals surface area contributed by atoms with Crippen LogP contribution in [0.25, 0.3) is 0 Å². The van der Waals surface area contributed by atoms with Crippen molar-refractivity contribution in [1.82, 2.24) is 0 Å². The van der Waals surface area contributed by atoms with Gasteiger partial charge in [-0.25, -0.2) is 0 Å². The van der Waals surface area contributed by atoms with Gasteiger partial charge in [-0.3, -0.25) is 4.79 Å². The van der Waals surface area contributed by atoms with Crippen LogP contribution in [0.2, 0.25) is 0 Å². The third kappa shape index (κ3) is 3.50. The first-order valence-electron chi connectivity index (χ1n) is 5.49. The quantitative estimate of drug-likeness (QED) is 0.736. The number of carbonyl (C=O) groups is 1. The second kappa shape index (κ2) is 4.61. The molecule has 0 saturated carbocycles. The predicted molar refractivity (Wildman–Crippen MR) is 63.8 cm³/mol. The molecule has 0 heterocycles. The topological polar surface area (TPSA) is 17.1 Å². The minimum Gasteiger partial charge on any atom is -0.299 e. The van der Waals surface area contributed by atoms with Crippen molar-refractivity contribution in [2.75, 3.05) is 0 Å². The molecule has 15 heavy (non-hydrogen) atoms. The van der Waals surface area contributed by atoms with E-state index in [0.717, 1.165) is 6.42 Å². The van der Waals surface area contributed by atoms with Gasteiger partial charge in [0.25, 0.3) is 0 Å². The molecule has 0 fully saturated rings. The molecule has 1 nitrogen and oxygen atoms in total. The van der Waals surface area contributed by atoms with E-state index in [4.69, 9.17) is 0 Å². The van der Waals surface area contributed by atoms with Crippen LogP contribution in [0.4, 0.5) is 0 Å². The van der Waals surface area contributed by atoms with Gasteiger partial charge in [-0.05, 0) is 12.0 Å². The zero-order chi connectivity index (χ0) is 11.5. The molecular weight excluding hydrogens is 184 g/mol. The minimum absolute atomic E-state index is 0.104. The molecule has 1 heteroatoms. The second-order valence-electron chi connectivity index (χ2n) is 5.21. The fourth-order valence-electron chi connectivity index (χ4n) is 1.80. The van der Waals surface area contributed by atoms with Gasteiger partial charge in [0.2, 0.25) is 0 Å². The molecule has 0 amide bonds. The van der Waals surface area contributed by atoms with Gasteiger partial charge in [0, 0.05) is 11.3 Å². The Morgan fingerprint density at radius 1 is 1.20 bits per heavy atom. The Morgan fingerprint density at radius 3 is 2.20 bits per heavy atom. The summed E-state index contributed by atoms with van der Waals surface area (Å²) in [5, 5.41) is 0. The highest BCUT2D eigenvalue weighted by Gasteiger charge is 2.26. The molecule has 0 aliphatic heterocycles. The third-order valence-electron chi connectivity index (χ3n) is 2.57. The highest BCUT2D eigenvalue weighted by molar-refractivity contribution is 5.85. The Labute approximate surface area is 92.5 Å². The molecule has 0 N–H and O–H groups in total. The lowest BCUT2D eigenvalue weighted by Gasteiger charge is -2.21. The van der Waals surface area contributed by atoms with Crippen molar-refractivity contribution < 1.29 is 4.79 Å². The SMILES string of the molecule is CC(Cc1ccccc1)C(=O)C(C)(C)C. The Kier molecular flexibility index (Phi) is 3.67. The van der Waals surface area contributed by atoms with Crippen LogP contribution in [0.3, 0.4) is 0 Å². The standard InChI is InChI=1S/C14H20O/c1-11(13(15)14(2,3)4)10-12-8-6-5-7-9-12/h5-9,11H,10H2,1-4H3. The average Bonchev–Trinajstić information content (AvgIpc) is 2.16. The Morgan fingerprint density at radius 2 is 1.73 bits per heavy atom. The van der Waals surface area contributed by atoms with Crippen LogP contribution in [0, 0.1) is 11.3 Å². The fourth-order valence-corrected chi connectivity index (χ4v) is 1.80. The van der Waals surface area contributed by atoms with Gasteiger partial charge in [0.15, 0.2) is 0 Å². The van der Waals surface area contributed by atoms with Crippen LogP contribution in [0.15, 0.2) is 30.3 Å². The van der Waals surface area contributed by atoms with E-state index in [0.29, 0.717) is 5.78 Å². The van der Waals surface area contributed by atoms with E-state index in [2.05, 4.69) is 12.1 Å². The summed E-state index contributed by atoms with van der Waals surface area (Å²) in [5.74, 6) is 0.443. The zero-order valence-electron chi connectivity index (χ0n) is 10.1. The molecule has 0 aromatic heterocycles. The molecule has 1 aromatic rings. The maximum absolute atomic E-state index is 12.0. The van der Waals surface area contributed by atoms with Crippen LogP contribution in [-0.4, -0.2) is 5.78 Å². The van der Waals surface area contributed by atoms with E-state index >= 15 is 0 Å². The van der Waals surface area contributed by atoms with Crippen molar-refractivity contribution in [2.24, 2.45) is 11.3 Å². The highest BCUT2D eigenvalue weighted by Crippen LogP contribution is 2.22. The fraction of sp³-hybridized carbons (Fsp3) is 0.500. The van der Waals surface area contributed by atoms with Crippen molar-refractivity contribution in [3.05, 3.63) is 35.9 Å². The average molecular weight is 204 g/mol. The van der Waals surface area contributed by atoms with Crippen LogP contribution < -0.4 is 0 Å². The summed E-state index contributed by atoms with van der Waals surface area (Å²) in [7, 11) is 0. The van der Waals surface area contributed by atoms with Crippen LogP contribution in [-0.2, 0) is 11.2 Å². The molecule has 0 radical (unpaired) electrons. The Bertz CT molecular complexity index is 319. The highest BCUT2D eigenvalue weighted by atomic mass is 16.1. The second-order valence-corrected chi connectivity index (χ2v) is 5.21. The first-order valence-corrected chi connectivity index (χ1v) is 5.49. The van der Waals surface area contributed by atoms with E-state index in [9.17, 15) is 4.79 Å². The van der Waals surface area contributed by atoms with Crippen LogP contribution in [0.5, 0.6) is 0 Å². The van der Waals surface area contributed by atoms with Gasteiger partial charge in [-0.15, -0.1) is 0 Å². The first-order chi connectivity index (χ1) is 6.91. The summed E-state index contributed by atoms with van der Waals surface area (Å²) in [4.78, 5) is 12.0. The number of ketones is 1. The normalized spacial score (nSPS) is 13.6. The van der Waals surface area contributed by atoms with Gasteiger partial charge in [-0.1, -0.05) is 58.0 Å². The van der Waals surface area contributed by atoms with Gasteiger partial charge in [-0.2, -0.15) is 0 Å². The molecule has 1 rings (SSSR count). The summed E-state index contributed by atoms with van der Waals surface area (Å²) in [6, 6.07) is 10.2. The van der Waals surface area contributed by atoms with Gasteiger partial charge >= 0.3 is 0 Å². The number of benzene rings is 1. The van der Waals surface area contributed by atoms with Crippen molar-refractivity contribution in [3.8, 4) is 0 Å². The number of hydrogen-bond acceptors (Lipinski definition) is 1. The molecule has 1 unspecified atom stereocenters. The van der Waals surface area contributed by atoms with E-state index in [1.54, 1.807) is 0 Å². The van der Waals surface area contributed by atoms with Crippen LogP contribution >= 0.6 is 0 Å². The molecule has 0 saturated heterocycles. The van der Waals surface area contributed by atoms with Gasteiger partial charge < -0.3 is 0 Å². The molecule has 82 valence electrons. The summed E-state index contributed by atoms with van der Waals surface area (Å²) < 4.78 is 0. The van der Waals surface area contributed by atoms with Crippen molar-refractivity contribution in [3.63, 3.8) is 0 Å². The molecule has 0 aliphatic rings. The number of carbonyl (C=O) groups excluding carboxylic acids is 1. The van der Waals surface area contributed by atoms with Crippen molar-refractivity contribution in [2.45, 2.75) is 34.1 Å². The number of hydrogen-bond donors (Lipinski definition) is 0. The summed E-state index contributed by atoms with van der Waals surface area (Å²) in [6.07, 6.45) is 0.844. The Balaban J connectivity index is 2.65. The van der Waals surface area contributed by atoms with E-state index in [1.807, 2.05) is 45.9 Å². The molecular formula is C14H20O. The minimum atomic E-state index is -0.228. The number of Topliss-reactive ketones (excluding diaryl/α,β-unsaturated/α-hetero) is 1. The third-order valence-corrected chi connectivity index (χ3v) is 2.57. The summed E-state index contributed by atoms with van der Waals surface area (Å²) in [6.45, 7) is 7.96. The molecule has 0 spiro atoms. The van der Waals surface area contributed by atoms with Gasteiger partial charge in [0.1, 0.15) is 5.78 Å².